The summed E-state index contributed by atoms with van der Waals surface area (Å²) >= 11 is 1.59. The van der Waals surface area contributed by atoms with Crippen LogP contribution in [0.1, 0.15) is 24.6 Å². The summed E-state index contributed by atoms with van der Waals surface area (Å²) in [5.74, 6) is 1.20. The van der Waals surface area contributed by atoms with Crippen molar-refractivity contribution >= 4 is 23.5 Å². The Morgan fingerprint density at radius 1 is 1.43 bits per heavy atom. The maximum atomic E-state index is 11.8. The molecule has 0 fully saturated rings. The van der Waals surface area contributed by atoms with Crippen LogP contribution < -0.4 is 5.32 Å². The first-order valence-corrected chi connectivity index (χ1v) is 7.67. The number of aryl methyl sites for hydroxylation is 1. The van der Waals surface area contributed by atoms with Gasteiger partial charge in [0.15, 0.2) is 5.82 Å². The van der Waals surface area contributed by atoms with Gasteiger partial charge < -0.3 is 5.32 Å². The zero-order valence-electron chi connectivity index (χ0n) is 11.7. The third-order valence-corrected chi connectivity index (χ3v) is 3.87. The number of benzene rings is 1. The van der Waals surface area contributed by atoms with E-state index in [1.807, 2.05) is 25.1 Å². The zero-order chi connectivity index (χ0) is 15.1. The molecule has 2 N–H and O–H groups in total. The molecule has 0 saturated heterocycles. The highest BCUT2D eigenvalue weighted by atomic mass is 32.2. The first-order valence-electron chi connectivity index (χ1n) is 6.68. The molecule has 0 atom stereocenters. The summed E-state index contributed by atoms with van der Waals surface area (Å²) in [5.41, 5.74) is 1.64. The summed E-state index contributed by atoms with van der Waals surface area (Å²) < 4.78 is 0. The molecular formula is C15H16N4OS. The first kappa shape index (κ1) is 15.1. The minimum Gasteiger partial charge on any atom is -0.309 e. The fourth-order valence-electron chi connectivity index (χ4n) is 1.70. The maximum absolute atomic E-state index is 11.8. The number of nitrogens with zero attached hydrogens (tertiary/aromatic N) is 2. The first-order chi connectivity index (χ1) is 10.2. The van der Waals surface area contributed by atoms with Gasteiger partial charge >= 0.3 is 0 Å². The number of nitrogens with one attached hydrogen (secondary N) is 2. The number of amides is 1. The average Bonchev–Trinajstić information content (AvgIpc) is 2.95. The molecule has 0 radical (unpaired) electrons. The molecule has 6 heteroatoms. The van der Waals surface area contributed by atoms with E-state index in [1.165, 1.54) is 0 Å². The highest BCUT2D eigenvalue weighted by molar-refractivity contribution is 7.99. The summed E-state index contributed by atoms with van der Waals surface area (Å²) in [4.78, 5) is 12.8. The Labute approximate surface area is 127 Å². The van der Waals surface area contributed by atoms with Crippen molar-refractivity contribution in [3.8, 4) is 6.07 Å². The standard InChI is InChI=1S/C15H16N4OS/c1-2-12-9-14(19-18-12)17-15(20)7-8-21-13-5-3-11(10-16)4-6-13/h3-6,9H,2,7-8H2,1H3,(H2,17,18,19,20). The zero-order valence-corrected chi connectivity index (χ0v) is 12.5. The molecule has 0 saturated carbocycles. The predicted octanol–water partition coefficient (Wildman–Crippen LogP) is 2.96. The summed E-state index contributed by atoms with van der Waals surface area (Å²) in [6.07, 6.45) is 1.27. The number of hydrogen-bond donors (Lipinski definition) is 2. The van der Waals surface area contributed by atoms with Crippen molar-refractivity contribution in [3.63, 3.8) is 0 Å². The van der Waals surface area contributed by atoms with Gasteiger partial charge in [0.2, 0.25) is 5.91 Å². The lowest BCUT2D eigenvalue weighted by Gasteiger charge is -2.02. The van der Waals surface area contributed by atoms with Crippen molar-refractivity contribution in [1.29, 1.82) is 5.26 Å². The minimum atomic E-state index is -0.0506. The lowest BCUT2D eigenvalue weighted by atomic mass is 10.2. The molecule has 0 spiro atoms. The van der Waals surface area contributed by atoms with Gasteiger partial charge in [0, 0.05) is 28.8 Å². The van der Waals surface area contributed by atoms with Gasteiger partial charge in [-0.2, -0.15) is 10.4 Å². The number of hydrogen-bond acceptors (Lipinski definition) is 4. The molecule has 1 aromatic carbocycles. The van der Waals surface area contributed by atoms with E-state index >= 15 is 0 Å². The third-order valence-electron chi connectivity index (χ3n) is 2.86. The fraction of sp³-hybridized carbons (Fsp3) is 0.267. The molecule has 1 aromatic heterocycles. The molecular weight excluding hydrogens is 284 g/mol. The van der Waals surface area contributed by atoms with Gasteiger partial charge in [0.25, 0.3) is 0 Å². The van der Waals surface area contributed by atoms with Gasteiger partial charge in [-0.15, -0.1) is 11.8 Å². The Morgan fingerprint density at radius 2 is 2.19 bits per heavy atom. The molecule has 0 aliphatic heterocycles. The summed E-state index contributed by atoms with van der Waals surface area (Å²) in [6.45, 7) is 2.02. The highest BCUT2D eigenvalue weighted by Crippen LogP contribution is 2.19. The Kier molecular flexibility index (Phi) is 5.41. The van der Waals surface area contributed by atoms with E-state index in [0.717, 1.165) is 17.0 Å². The average molecular weight is 300 g/mol. The smallest absolute Gasteiger partial charge is 0.226 e. The topological polar surface area (TPSA) is 81.6 Å². The van der Waals surface area contributed by atoms with Crippen molar-refractivity contribution in [2.24, 2.45) is 0 Å². The van der Waals surface area contributed by atoms with Crippen LogP contribution in [-0.4, -0.2) is 21.9 Å². The van der Waals surface area contributed by atoms with E-state index in [4.69, 9.17) is 5.26 Å². The minimum absolute atomic E-state index is 0.0506. The number of thioether (sulfide) groups is 1. The van der Waals surface area contributed by atoms with Gasteiger partial charge in [-0.3, -0.25) is 9.89 Å². The van der Waals surface area contributed by atoms with Gasteiger partial charge in [-0.1, -0.05) is 6.92 Å². The SMILES string of the molecule is CCc1cc(NC(=O)CCSc2ccc(C#N)cc2)n[nH]1. The van der Waals surface area contributed by atoms with Crippen molar-refractivity contribution in [2.45, 2.75) is 24.7 Å². The number of anilines is 1. The second kappa shape index (κ2) is 7.50. The molecule has 21 heavy (non-hydrogen) atoms. The predicted molar refractivity (Wildman–Crippen MR) is 83.1 cm³/mol. The van der Waals surface area contributed by atoms with Crippen LogP contribution in [0.2, 0.25) is 0 Å². The summed E-state index contributed by atoms with van der Waals surface area (Å²) in [6, 6.07) is 11.3. The number of rotatable bonds is 6. The number of aromatic nitrogens is 2. The van der Waals surface area contributed by atoms with Crippen molar-refractivity contribution in [2.75, 3.05) is 11.1 Å². The van der Waals surface area contributed by atoms with E-state index in [1.54, 1.807) is 23.9 Å². The van der Waals surface area contributed by atoms with Crippen LogP contribution in [0.3, 0.4) is 0 Å². The molecule has 2 aromatic rings. The van der Waals surface area contributed by atoms with Crippen LogP contribution in [0.25, 0.3) is 0 Å². The van der Waals surface area contributed by atoms with Gasteiger partial charge in [-0.25, -0.2) is 0 Å². The van der Waals surface area contributed by atoms with Crippen LogP contribution in [0.5, 0.6) is 0 Å². The van der Waals surface area contributed by atoms with Crippen molar-refractivity contribution in [3.05, 3.63) is 41.6 Å². The normalized spacial score (nSPS) is 10.1. The van der Waals surface area contributed by atoms with Crippen LogP contribution in [-0.2, 0) is 11.2 Å². The molecule has 1 heterocycles. The monoisotopic (exact) mass is 300 g/mol. The van der Waals surface area contributed by atoms with Crippen molar-refractivity contribution in [1.82, 2.24) is 10.2 Å². The molecule has 5 nitrogen and oxygen atoms in total. The highest BCUT2D eigenvalue weighted by Gasteiger charge is 2.06. The van der Waals surface area contributed by atoms with E-state index in [2.05, 4.69) is 21.6 Å². The van der Waals surface area contributed by atoms with E-state index < -0.39 is 0 Å². The van der Waals surface area contributed by atoms with E-state index in [-0.39, 0.29) is 5.91 Å². The largest absolute Gasteiger partial charge is 0.309 e. The van der Waals surface area contributed by atoms with Gasteiger partial charge in [0.1, 0.15) is 0 Å². The van der Waals surface area contributed by atoms with Crippen LogP contribution in [0, 0.1) is 11.3 Å². The molecule has 108 valence electrons. The third kappa shape index (κ3) is 4.65. The maximum Gasteiger partial charge on any atom is 0.226 e. The van der Waals surface area contributed by atoms with Crippen LogP contribution in [0.4, 0.5) is 5.82 Å². The summed E-state index contributed by atoms with van der Waals surface area (Å²) in [5, 5.41) is 18.4. The fourth-order valence-corrected chi connectivity index (χ4v) is 2.55. The van der Waals surface area contributed by atoms with E-state index in [9.17, 15) is 4.79 Å². The Hall–Kier alpha value is -2.26. The molecule has 2 rings (SSSR count). The van der Waals surface area contributed by atoms with Crippen LogP contribution >= 0.6 is 11.8 Å². The van der Waals surface area contributed by atoms with E-state index in [0.29, 0.717) is 23.6 Å². The lowest BCUT2D eigenvalue weighted by Crippen LogP contribution is -2.12. The van der Waals surface area contributed by atoms with Gasteiger partial charge in [0.05, 0.1) is 11.6 Å². The van der Waals surface area contributed by atoms with Crippen LogP contribution in [0.15, 0.2) is 35.2 Å². The Morgan fingerprint density at radius 3 is 2.81 bits per heavy atom. The number of carbonyl (C=O) groups excluding carboxylic acids is 1. The molecule has 1 amide bonds. The quantitative estimate of drug-likeness (QED) is 0.804. The van der Waals surface area contributed by atoms with Crippen molar-refractivity contribution < 1.29 is 4.79 Å². The molecule has 0 unspecified atom stereocenters. The summed E-state index contributed by atoms with van der Waals surface area (Å²) in [7, 11) is 0. The molecule has 0 aliphatic rings. The number of carbonyl (C=O) groups is 1. The number of nitriles is 1. The molecule has 0 bridgehead atoms. The molecule has 0 aliphatic carbocycles. The Bertz CT molecular complexity index is 642. The second-order valence-corrected chi connectivity index (χ2v) is 5.58. The number of aromatic amines is 1. The Balaban J connectivity index is 1.74. The lowest BCUT2D eigenvalue weighted by molar-refractivity contribution is -0.115. The van der Waals surface area contributed by atoms with Gasteiger partial charge in [-0.05, 0) is 30.7 Å². The second-order valence-electron chi connectivity index (χ2n) is 4.41. The number of H-pyrrole nitrogens is 1.